The lowest BCUT2D eigenvalue weighted by molar-refractivity contribution is -0.890. The molecule has 0 atom stereocenters. The van der Waals surface area contributed by atoms with Crippen molar-refractivity contribution in [1.82, 2.24) is 0 Å². The molecule has 3 rings (SSSR count). The minimum absolute atomic E-state index is 0.758. The summed E-state index contributed by atoms with van der Waals surface area (Å²) < 4.78 is 8.12. The summed E-state index contributed by atoms with van der Waals surface area (Å²) in [6.07, 6.45) is 8.09. The first-order valence-electron chi connectivity index (χ1n) is 12.7. The van der Waals surface area contributed by atoms with E-state index in [2.05, 4.69) is 112 Å². The third kappa shape index (κ3) is 7.14. The van der Waals surface area contributed by atoms with Crippen molar-refractivity contribution in [2.24, 2.45) is 0 Å². The Hall–Kier alpha value is -2.20. The number of likely N-dealkylation sites (N-methyl/N-ethyl adjacent to an activating group) is 1. The smallest absolute Gasteiger partial charge is 0.288 e. The predicted molar refractivity (Wildman–Crippen MR) is 145 cm³/mol. The quantitative estimate of drug-likeness (QED) is 0.141. The Labute approximate surface area is 203 Å². The lowest BCUT2D eigenvalue weighted by atomic mass is 10.1. The molecule has 0 unspecified atom stereocenters. The van der Waals surface area contributed by atoms with Crippen LogP contribution < -0.4 is 15.6 Å². The molecule has 3 heteroatoms. The van der Waals surface area contributed by atoms with Gasteiger partial charge in [-0.2, -0.15) is 0 Å². The molecule has 33 heavy (non-hydrogen) atoms. The zero-order valence-corrected chi connectivity index (χ0v) is 21.9. The molecule has 176 valence electrons. The molecule has 0 saturated heterocycles. The summed E-state index contributed by atoms with van der Waals surface area (Å²) in [5.41, 5.74) is 0. The van der Waals surface area contributed by atoms with E-state index in [-0.39, 0.29) is 0 Å². The highest BCUT2D eigenvalue weighted by Crippen LogP contribution is 2.12. The molecular weight excluding hydrogens is 418 g/mol. The summed E-state index contributed by atoms with van der Waals surface area (Å²) in [5, 5.41) is 3.93. The van der Waals surface area contributed by atoms with Crippen LogP contribution in [0, 0.1) is 0 Å². The highest BCUT2D eigenvalue weighted by molar-refractivity contribution is 7.07. The molecule has 2 nitrogen and oxygen atoms in total. The first-order chi connectivity index (χ1) is 16.1. The molecule has 0 bridgehead atoms. The van der Waals surface area contributed by atoms with E-state index in [0.717, 1.165) is 17.6 Å². The number of hydrogen-bond donors (Lipinski definition) is 0. The van der Waals surface area contributed by atoms with Crippen LogP contribution in [0.2, 0.25) is 0 Å². The summed E-state index contributed by atoms with van der Waals surface area (Å²) in [7, 11) is 2.12. The van der Waals surface area contributed by atoms with Crippen LogP contribution in [-0.2, 0) is 4.43 Å². The van der Waals surface area contributed by atoms with Crippen molar-refractivity contribution in [2.45, 2.75) is 45.4 Å². The van der Waals surface area contributed by atoms with Gasteiger partial charge in [-0.1, -0.05) is 124 Å². The lowest BCUT2D eigenvalue weighted by Crippen LogP contribution is -2.69. The number of quaternary nitrogens is 1. The fraction of sp³-hybridized carbons (Fsp3) is 0.400. The molecule has 0 heterocycles. The van der Waals surface area contributed by atoms with Crippen LogP contribution in [0.15, 0.2) is 91.0 Å². The van der Waals surface area contributed by atoms with E-state index >= 15 is 0 Å². The third-order valence-corrected chi connectivity index (χ3v) is 10.7. The maximum atomic E-state index is 7.11. The molecule has 0 amide bonds. The zero-order valence-electron chi connectivity index (χ0n) is 20.9. The van der Waals surface area contributed by atoms with E-state index < -0.39 is 8.32 Å². The van der Waals surface area contributed by atoms with Crippen molar-refractivity contribution in [3.63, 3.8) is 0 Å². The molecule has 0 aliphatic rings. The second-order valence-corrected chi connectivity index (χ2v) is 13.2. The van der Waals surface area contributed by atoms with Crippen molar-refractivity contribution in [3.05, 3.63) is 91.0 Å². The fourth-order valence-corrected chi connectivity index (χ4v) is 8.53. The van der Waals surface area contributed by atoms with Gasteiger partial charge in [-0.3, -0.25) is 0 Å². The molecule has 0 radical (unpaired) electrons. The van der Waals surface area contributed by atoms with Gasteiger partial charge in [0.25, 0.3) is 8.32 Å². The normalized spacial score (nSPS) is 12.1. The SMILES string of the molecule is CCCCCCCC[N+](C)(C)CCO[Si](c1ccccc1)(c1ccccc1)c1ccccc1. The van der Waals surface area contributed by atoms with Gasteiger partial charge < -0.3 is 8.91 Å². The minimum Gasteiger partial charge on any atom is -0.398 e. The van der Waals surface area contributed by atoms with Crippen LogP contribution in [0.3, 0.4) is 0 Å². The standard InChI is InChI=1S/C30H42NOSi/c1-4-5-6-7-8-18-25-31(2,3)26-27-32-33(28-19-12-9-13-20-28,29-21-14-10-15-22-29)30-23-16-11-17-24-30/h9-17,19-24H,4-8,18,25-27H2,1-3H3/q+1. The van der Waals surface area contributed by atoms with Crippen LogP contribution >= 0.6 is 0 Å². The molecule has 0 N–H and O–H groups in total. The van der Waals surface area contributed by atoms with E-state index in [0.29, 0.717) is 0 Å². The molecule has 0 saturated carbocycles. The van der Waals surface area contributed by atoms with Crippen LogP contribution in [0.4, 0.5) is 0 Å². The topological polar surface area (TPSA) is 9.23 Å². The average Bonchev–Trinajstić information content (AvgIpc) is 2.86. The van der Waals surface area contributed by atoms with Crippen LogP contribution in [-0.4, -0.2) is 46.6 Å². The van der Waals surface area contributed by atoms with E-state index in [9.17, 15) is 0 Å². The van der Waals surface area contributed by atoms with E-state index in [4.69, 9.17) is 4.43 Å². The summed E-state index contributed by atoms with van der Waals surface area (Å²) in [6, 6.07) is 32.7. The lowest BCUT2D eigenvalue weighted by Gasteiger charge is -2.35. The van der Waals surface area contributed by atoms with Crippen molar-refractivity contribution >= 4 is 23.9 Å². The van der Waals surface area contributed by atoms with E-state index in [1.807, 2.05) is 0 Å². The van der Waals surface area contributed by atoms with Crippen molar-refractivity contribution < 1.29 is 8.91 Å². The Balaban J connectivity index is 1.78. The van der Waals surface area contributed by atoms with Gasteiger partial charge in [0.15, 0.2) is 0 Å². The van der Waals surface area contributed by atoms with Gasteiger partial charge in [0.2, 0.25) is 0 Å². The highest BCUT2D eigenvalue weighted by Gasteiger charge is 2.42. The minimum atomic E-state index is -2.59. The maximum Gasteiger partial charge on any atom is 0.288 e. The molecule has 0 aliphatic carbocycles. The van der Waals surface area contributed by atoms with Gasteiger partial charge in [-0.15, -0.1) is 0 Å². The van der Waals surface area contributed by atoms with Gasteiger partial charge in [-0.05, 0) is 28.4 Å². The second-order valence-electron chi connectivity index (χ2n) is 9.78. The number of unbranched alkanes of at least 4 members (excludes halogenated alkanes) is 5. The largest absolute Gasteiger partial charge is 0.398 e. The monoisotopic (exact) mass is 460 g/mol. The average molecular weight is 461 g/mol. The maximum absolute atomic E-state index is 7.11. The molecule has 3 aromatic rings. The van der Waals surface area contributed by atoms with Crippen LogP contribution in [0.25, 0.3) is 0 Å². The molecule has 0 aromatic heterocycles. The summed E-state index contributed by atoms with van der Waals surface area (Å²) in [5.74, 6) is 0. The summed E-state index contributed by atoms with van der Waals surface area (Å²) >= 11 is 0. The van der Waals surface area contributed by atoms with Gasteiger partial charge in [0.05, 0.1) is 27.2 Å². The Kier molecular flexibility index (Phi) is 9.92. The summed E-state index contributed by atoms with van der Waals surface area (Å²) in [4.78, 5) is 0. The van der Waals surface area contributed by atoms with E-state index in [1.165, 1.54) is 60.6 Å². The van der Waals surface area contributed by atoms with Gasteiger partial charge in [-0.25, -0.2) is 0 Å². The Morgan fingerprint density at radius 1 is 0.576 bits per heavy atom. The Bertz CT molecular complexity index is 815. The highest BCUT2D eigenvalue weighted by atomic mass is 28.4. The fourth-order valence-electron chi connectivity index (χ4n) is 4.65. The van der Waals surface area contributed by atoms with Gasteiger partial charge in [0.1, 0.15) is 6.54 Å². The van der Waals surface area contributed by atoms with Crippen molar-refractivity contribution in [2.75, 3.05) is 33.8 Å². The predicted octanol–water partition coefficient (Wildman–Crippen LogP) is 5.11. The van der Waals surface area contributed by atoms with Gasteiger partial charge >= 0.3 is 0 Å². The Morgan fingerprint density at radius 2 is 1.00 bits per heavy atom. The van der Waals surface area contributed by atoms with Gasteiger partial charge in [0, 0.05) is 0 Å². The van der Waals surface area contributed by atoms with Crippen LogP contribution in [0.5, 0.6) is 0 Å². The second kappa shape index (κ2) is 12.9. The number of nitrogens with zero attached hydrogens (tertiary/aromatic N) is 1. The van der Waals surface area contributed by atoms with Crippen LogP contribution in [0.1, 0.15) is 45.4 Å². The molecule has 0 spiro atoms. The van der Waals surface area contributed by atoms with Crippen molar-refractivity contribution in [3.8, 4) is 0 Å². The van der Waals surface area contributed by atoms with E-state index in [1.54, 1.807) is 0 Å². The third-order valence-electron chi connectivity index (χ3n) is 6.67. The number of rotatable bonds is 14. The molecule has 0 fully saturated rings. The number of benzene rings is 3. The van der Waals surface area contributed by atoms with Crippen molar-refractivity contribution in [1.29, 1.82) is 0 Å². The Morgan fingerprint density at radius 3 is 1.45 bits per heavy atom. The molecule has 3 aromatic carbocycles. The summed E-state index contributed by atoms with van der Waals surface area (Å²) in [6.45, 7) is 5.28. The first-order valence-corrected chi connectivity index (χ1v) is 14.6. The zero-order chi connectivity index (χ0) is 23.4. The first kappa shape index (κ1) is 25.4. The molecular formula is C30H42NOSi+. The molecule has 0 aliphatic heterocycles. The number of hydrogen-bond acceptors (Lipinski definition) is 1.